The van der Waals surface area contributed by atoms with E-state index in [0.29, 0.717) is 24.7 Å². The predicted molar refractivity (Wildman–Crippen MR) is 114 cm³/mol. The number of nitrogens with one attached hydrogen (secondary N) is 2. The van der Waals surface area contributed by atoms with Gasteiger partial charge in [-0.15, -0.1) is 0 Å². The fourth-order valence-corrected chi connectivity index (χ4v) is 4.30. The van der Waals surface area contributed by atoms with E-state index < -0.39 is 5.54 Å². The molecule has 0 bridgehead atoms. The summed E-state index contributed by atoms with van der Waals surface area (Å²) in [5.41, 5.74) is -0.442. The minimum Gasteiger partial charge on any atom is -0.351 e. The molecule has 0 saturated heterocycles. The van der Waals surface area contributed by atoms with Gasteiger partial charge in [-0.2, -0.15) is 5.10 Å². The third-order valence-electron chi connectivity index (χ3n) is 6.16. The van der Waals surface area contributed by atoms with Crippen molar-refractivity contribution in [3.63, 3.8) is 0 Å². The van der Waals surface area contributed by atoms with Crippen molar-refractivity contribution >= 4 is 17.7 Å². The zero-order chi connectivity index (χ0) is 21.9. The maximum Gasteiger partial charge on any atom is 0.273 e. The maximum atomic E-state index is 13.3. The first-order chi connectivity index (χ1) is 14.3. The fraction of sp³-hybridized carbons (Fsp3) is 0.727. The molecule has 8 heteroatoms. The van der Waals surface area contributed by atoms with Crippen LogP contribution in [0.25, 0.3) is 0 Å². The summed E-state index contributed by atoms with van der Waals surface area (Å²) >= 11 is 0. The average Bonchev–Trinajstić information content (AvgIpc) is 3.34. The Morgan fingerprint density at radius 1 is 1.30 bits per heavy atom. The molecule has 1 aromatic heterocycles. The first-order valence-electron chi connectivity index (χ1n) is 11.2. The lowest BCUT2D eigenvalue weighted by atomic mass is 9.94. The van der Waals surface area contributed by atoms with Crippen LogP contribution in [0, 0.1) is 5.92 Å². The van der Waals surface area contributed by atoms with Crippen LogP contribution in [0.5, 0.6) is 0 Å². The van der Waals surface area contributed by atoms with Crippen LogP contribution < -0.4 is 10.6 Å². The molecule has 2 heterocycles. The summed E-state index contributed by atoms with van der Waals surface area (Å²) in [6, 6.07) is 1.72. The van der Waals surface area contributed by atoms with Crippen LogP contribution in [-0.4, -0.2) is 57.1 Å². The van der Waals surface area contributed by atoms with Crippen molar-refractivity contribution in [2.24, 2.45) is 5.92 Å². The van der Waals surface area contributed by atoms with Gasteiger partial charge in [0, 0.05) is 25.2 Å². The molecule has 3 rings (SSSR count). The first-order valence-corrected chi connectivity index (χ1v) is 11.2. The van der Waals surface area contributed by atoms with Gasteiger partial charge in [0.1, 0.15) is 11.2 Å². The predicted octanol–water partition coefficient (Wildman–Crippen LogP) is 2.34. The van der Waals surface area contributed by atoms with Crippen LogP contribution in [0.3, 0.4) is 0 Å². The molecule has 1 aromatic rings. The summed E-state index contributed by atoms with van der Waals surface area (Å²) in [4.78, 5) is 40.6. The number of amides is 3. The van der Waals surface area contributed by atoms with Gasteiger partial charge < -0.3 is 15.5 Å². The van der Waals surface area contributed by atoms with Crippen LogP contribution in [0.4, 0.5) is 0 Å². The molecular formula is C22H35N5O3. The molecule has 2 N–H and O–H groups in total. The van der Waals surface area contributed by atoms with Gasteiger partial charge >= 0.3 is 0 Å². The summed E-state index contributed by atoms with van der Waals surface area (Å²) < 4.78 is 1.53. The van der Waals surface area contributed by atoms with E-state index in [2.05, 4.69) is 29.6 Å². The summed E-state index contributed by atoms with van der Waals surface area (Å²) in [6.07, 6.45) is 5.83. The highest BCUT2D eigenvalue weighted by molar-refractivity contribution is 6.01. The number of nitrogens with zero attached hydrogens (tertiary/aromatic N) is 3. The Balaban J connectivity index is 1.81. The number of carbonyl (C=O) groups is 3. The molecule has 0 unspecified atom stereocenters. The molecule has 1 fully saturated rings. The number of hydrogen-bond donors (Lipinski definition) is 2. The largest absolute Gasteiger partial charge is 0.351 e. The number of carbonyl (C=O) groups excluding carboxylic acids is 3. The van der Waals surface area contributed by atoms with Crippen molar-refractivity contribution in [1.29, 1.82) is 0 Å². The van der Waals surface area contributed by atoms with Gasteiger partial charge in [0.25, 0.3) is 11.8 Å². The topological polar surface area (TPSA) is 96.3 Å². The number of fused-ring (bicyclic) bond motifs is 1. The Hall–Kier alpha value is -2.38. The van der Waals surface area contributed by atoms with E-state index in [9.17, 15) is 14.4 Å². The summed E-state index contributed by atoms with van der Waals surface area (Å²) in [6.45, 7) is 9.27. The van der Waals surface area contributed by atoms with E-state index in [1.807, 2.05) is 6.92 Å². The Morgan fingerprint density at radius 2 is 2.00 bits per heavy atom. The molecule has 3 amide bonds. The molecule has 166 valence electrons. The van der Waals surface area contributed by atoms with Crippen LogP contribution >= 0.6 is 0 Å². The summed E-state index contributed by atoms with van der Waals surface area (Å²) in [7, 11) is 0. The zero-order valence-electron chi connectivity index (χ0n) is 18.7. The normalized spacial score (nSPS) is 21.8. The number of hydrogen-bond acceptors (Lipinski definition) is 4. The minimum absolute atomic E-state index is 0.139. The quantitative estimate of drug-likeness (QED) is 0.679. The van der Waals surface area contributed by atoms with Crippen molar-refractivity contribution in [1.82, 2.24) is 25.3 Å². The SMILES string of the molecule is CCCN1C(=O)c2cc(C(=O)NCCC(C)C)nn2C[C@@]1(C)C(=O)NC1CCCC1. The van der Waals surface area contributed by atoms with Gasteiger partial charge in [0.15, 0.2) is 5.69 Å². The highest BCUT2D eigenvalue weighted by Crippen LogP contribution is 2.29. The Bertz CT molecular complexity index is 797. The lowest BCUT2D eigenvalue weighted by Gasteiger charge is -2.43. The van der Waals surface area contributed by atoms with Crippen molar-refractivity contribution in [3.8, 4) is 0 Å². The molecule has 1 aliphatic carbocycles. The Labute approximate surface area is 178 Å². The molecule has 1 atom stereocenters. The molecule has 0 radical (unpaired) electrons. The third kappa shape index (κ3) is 4.52. The lowest BCUT2D eigenvalue weighted by Crippen LogP contribution is -2.65. The number of rotatable bonds is 8. The smallest absolute Gasteiger partial charge is 0.273 e. The van der Waals surface area contributed by atoms with E-state index in [1.54, 1.807) is 17.9 Å². The lowest BCUT2D eigenvalue weighted by molar-refractivity contribution is -0.133. The molecule has 1 saturated carbocycles. The molecule has 2 aliphatic rings. The van der Waals surface area contributed by atoms with Crippen LogP contribution in [0.1, 0.15) is 87.2 Å². The monoisotopic (exact) mass is 417 g/mol. The van der Waals surface area contributed by atoms with E-state index in [0.717, 1.165) is 38.5 Å². The summed E-state index contributed by atoms with van der Waals surface area (Å²) in [5.74, 6) is -0.186. The van der Waals surface area contributed by atoms with E-state index >= 15 is 0 Å². The maximum absolute atomic E-state index is 13.3. The molecular weight excluding hydrogens is 382 g/mol. The van der Waals surface area contributed by atoms with Crippen LogP contribution in [0.2, 0.25) is 0 Å². The second-order valence-electron chi connectivity index (χ2n) is 9.20. The minimum atomic E-state index is -1.03. The standard InChI is InChI=1S/C22H35N5O3/c1-5-12-26-20(29)18-13-17(19(28)23-11-10-15(2)3)25-27(18)14-22(26,4)21(30)24-16-8-6-7-9-16/h13,15-16H,5-12,14H2,1-4H3,(H,23,28)(H,24,30)/t22-/m0/s1. The van der Waals surface area contributed by atoms with Crippen molar-refractivity contribution in [3.05, 3.63) is 17.5 Å². The molecule has 0 spiro atoms. The average molecular weight is 418 g/mol. The van der Waals surface area contributed by atoms with E-state index in [-0.39, 0.29) is 36.0 Å². The van der Waals surface area contributed by atoms with Crippen molar-refractivity contribution in [2.45, 2.75) is 84.3 Å². The highest BCUT2D eigenvalue weighted by Gasteiger charge is 2.48. The molecule has 8 nitrogen and oxygen atoms in total. The van der Waals surface area contributed by atoms with Gasteiger partial charge in [-0.05, 0) is 38.5 Å². The first kappa shape index (κ1) is 22.3. The molecule has 30 heavy (non-hydrogen) atoms. The zero-order valence-corrected chi connectivity index (χ0v) is 18.7. The third-order valence-corrected chi connectivity index (χ3v) is 6.16. The van der Waals surface area contributed by atoms with E-state index in [4.69, 9.17) is 0 Å². The van der Waals surface area contributed by atoms with Gasteiger partial charge in [-0.3, -0.25) is 19.1 Å². The van der Waals surface area contributed by atoms with Gasteiger partial charge in [0.2, 0.25) is 5.91 Å². The van der Waals surface area contributed by atoms with Crippen LogP contribution in [0.15, 0.2) is 6.07 Å². The second kappa shape index (κ2) is 9.18. The van der Waals surface area contributed by atoms with E-state index in [1.165, 1.54) is 4.68 Å². The van der Waals surface area contributed by atoms with Crippen molar-refractivity contribution < 1.29 is 14.4 Å². The van der Waals surface area contributed by atoms with Gasteiger partial charge in [-0.25, -0.2) is 0 Å². The molecule has 0 aromatic carbocycles. The second-order valence-corrected chi connectivity index (χ2v) is 9.20. The van der Waals surface area contributed by atoms with Crippen molar-refractivity contribution in [2.75, 3.05) is 13.1 Å². The molecule has 1 aliphatic heterocycles. The summed E-state index contributed by atoms with van der Waals surface area (Å²) in [5, 5.41) is 10.4. The Morgan fingerprint density at radius 3 is 2.63 bits per heavy atom. The Kier molecular flexibility index (Phi) is 6.83. The number of aromatic nitrogens is 2. The highest BCUT2D eigenvalue weighted by atomic mass is 16.2. The van der Waals surface area contributed by atoms with Gasteiger partial charge in [0.05, 0.1) is 6.54 Å². The van der Waals surface area contributed by atoms with Gasteiger partial charge in [-0.1, -0.05) is 33.6 Å². The van der Waals surface area contributed by atoms with Crippen LogP contribution in [-0.2, 0) is 11.3 Å². The fourth-order valence-electron chi connectivity index (χ4n) is 4.30.